The van der Waals surface area contributed by atoms with Crippen molar-refractivity contribution in [3.05, 3.63) is 40.6 Å². The number of nitrogens with zero attached hydrogens (tertiary/aromatic N) is 4. The average molecular weight is 387 g/mol. The molecule has 1 saturated heterocycles. The molecule has 1 spiro atoms. The predicted octanol–water partition coefficient (Wildman–Crippen LogP) is 3.93. The Bertz CT molecular complexity index is 774. The molecule has 3 heterocycles. The van der Waals surface area contributed by atoms with Crippen LogP contribution in [0.25, 0.3) is 0 Å². The summed E-state index contributed by atoms with van der Waals surface area (Å²) in [5.41, 5.74) is 1.61. The second-order valence-corrected chi connectivity index (χ2v) is 9.26. The third-order valence-corrected chi connectivity index (χ3v) is 7.11. The van der Waals surface area contributed by atoms with E-state index in [1.165, 1.54) is 24.8 Å². The lowest BCUT2D eigenvalue weighted by Crippen LogP contribution is -2.40. The maximum absolute atomic E-state index is 12.3. The van der Waals surface area contributed by atoms with Gasteiger partial charge in [-0.3, -0.25) is 9.69 Å². The fourth-order valence-corrected chi connectivity index (χ4v) is 5.28. The predicted molar refractivity (Wildman–Crippen MR) is 109 cm³/mol. The molecule has 4 rings (SSSR count). The molecule has 0 radical (unpaired) electrons. The number of likely N-dealkylation sites (tertiary alicyclic amines) is 1. The molecule has 0 N–H and O–H groups in total. The van der Waals surface area contributed by atoms with E-state index in [2.05, 4.69) is 56.2 Å². The molecule has 2 aromatic heterocycles. The van der Waals surface area contributed by atoms with Crippen LogP contribution < -0.4 is 0 Å². The van der Waals surface area contributed by atoms with Crippen molar-refractivity contribution >= 4 is 17.2 Å². The number of hydrogen-bond donors (Lipinski definition) is 0. The first kappa shape index (κ1) is 18.7. The maximum atomic E-state index is 12.3. The van der Waals surface area contributed by atoms with Crippen molar-refractivity contribution in [1.29, 1.82) is 0 Å². The Kier molecular flexibility index (Phi) is 5.12. The smallest absolute Gasteiger partial charge is 0.220 e. The molecule has 146 valence electrons. The number of amides is 1. The molecule has 27 heavy (non-hydrogen) atoms. The number of piperidine rings is 1. The van der Waals surface area contributed by atoms with E-state index in [0.29, 0.717) is 17.5 Å². The van der Waals surface area contributed by atoms with Gasteiger partial charge in [0.2, 0.25) is 5.91 Å². The van der Waals surface area contributed by atoms with Gasteiger partial charge in [-0.2, -0.15) is 11.3 Å². The van der Waals surface area contributed by atoms with Crippen molar-refractivity contribution in [1.82, 2.24) is 19.4 Å². The summed E-state index contributed by atoms with van der Waals surface area (Å²) < 4.78 is 2.27. The Morgan fingerprint density at radius 2 is 2.19 bits per heavy atom. The van der Waals surface area contributed by atoms with Crippen molar-refractivity contribution in [2.75, 3.05) is 13.1 Å². The van der Waals surface area contributed by atoms with E-state index in [1.807, 2.05) is 6.20 Å². The van der Waals surface area contributed by atoms with Crippen molar-refractivity contribution in [2.24, 2.45) is 5.41 Å². The molecule has 1 aliphatic heterocycles. The van der Waals surface area contributed by atoms with E-state index in [-0.39, 0.29) is 5.91 Å². The van der Waals surface area contributed by atoms with Crippen LogP contribution in [0, 0.1) is 5.41 Å². The number of carbonyl (C=O) groups is 1. The first-order valence-electron chi connectivity index (χ1n) is 10.0. The molecule has 1 aliphatic carbocycles. The van der Waals surface area contributed by atoms with E-state index < -0.39 is 0 Å². The van der Waals surface area contributed by atoms with E-state index in [9.17, 15) is 4.79 Å². The lowest BCUT2D eigenvalue weighted by Gasteiger charge is -2.34. The zero-order chi connectivity index (χ0) is 19.0. The number of hydrogen-bond acceptors (Lipinski definition) is 4. The van der Waals surface area contributed by atoms with Crippen LogP contribution >= 0.6 is 11.3 Å². The second kappa shape index (κ2) is 7.40. The number of aromatic nitrogens is 2. The largest absolute Gasteiger partial charge is 0.335 e. The van der Waals surface area contributed by atoms with Gasteiger partial charge in [0, 0.05) is 37.9 Å². The van der Waals surface area contributed by atoms with Gasteiger partial charge in [0.25, 0.3) is 0 Å². The first-order chi connectivity index (χ1) is 13.0. The summed E-state index contributed by atoms with van der Waals surface area (Å²) in [6.45, 7) is 10.0. The minimum Gasteiger partial charge on any atom is -0.335 e. The van der Waals surface area contributed by atoms with Crippen LogP contribution in [-0.4, -0.2) is 44.4 Å². The summed E-state index contributed by atoms with van der Waals surface area (Å²) in [5, 5.41) is 4.25. The molecule has 0 aromatic carbocycles. The van der Waals surface area contributed by atoms with Gasteiger partial charge in [-0.15, -0.1) is 0 Å². The lowest BCUT2D eigenvalue weighted by atomic mass is 9.92. The summed E-state index contributed by atoms with van der Waals surface area (Å²) in [6.07, 6.45) is 7.54. The Labute approximate surface area is 166 Å². The molecule has 2 aromatic rings. The monoisotopic (exact) mass is 386 g/mol. The van der Waals surface area contributed by atoms with Crippen LogP contribution in [0.3, 0.4) is 0 Å². The van der Waals surface area contributed by atoms with Gasteiger partial charge in [0.15, 0.2) is 0 Å². The zero-order valence-electron chi connectivity index (χ0n) is 16.6. The molecule has 2 aliphatic rings. The fraction of sp³-hybridized carbons (Fsp3) is 0.619. The van der Waals surface area contributed by atoms with Gasteiger partial charge in [0.1, 0.15) is 5.82 Å². The summed E-state index contributed by atoms with van der Waals surface area (Å²) >= 11 is 1.70. The van der Waals surface area contributed by atoms with Crippen molar-refractivity contribution < 1.29 is 4.79 Å². The average Bonchev–Trinajstić information content (AvgIpc) is 3.02. The number of rotatable bonds is 6. The van der Waals surface area contributed by atoms with Crippen LogP contribution in [0.2, 0.25) is 0 Å². The highest BCUT2D eigenvalue weighted by atomic mass is 32.1. The molecule has 6 heteroatoms. The molecule has 2 fully saturated rings. The van der Waals surface area contributed by atoms with E-state index >= 15 is 0 Å². The third kappa shape index (κ3) is 3.83. The quantitative estimate of drug-likeness (QED) is 0.755. The molecular weight excluding hydrogens is 356 g/mol. The molecule has 1 atom stereocenters. The highest BCUT2D eigenvalue weighted by Gasteiger charge is 2.58. The van der Waals surface area contributed by atoms with Crippen LogP contribution in [-0.2, 0) is 17.9 Å². The normalized spacial score (nSPS) is 21.7. The maximum Gasteiger partial charge on any atom is 0.220 e. The van der Waals surface area contributed by atoms with Crippen molar-refractivity contribution in [2.45, 2.75) is 65.2 Å². The standard InChI is InChI=1S/C21H30N4OS/c1-16(2)24-10-7-22-20(24)14-23-8-5-21(6-9-23)12-19(21)25(17(3)26)13-18-4-11-27-15-18/h4,7,10-11,15-16,19H,5-6,8-9,12-14H2,1-3H3. The molecule has 0 bridgehead atoms. The zero-order valence-corrected chi connectivity index (χ0v) is 17.4. The van der Waals surface area contributed by atoms with Crippen LogP contribution in [0.5, 0.6) is 0 Å². The van der Waals surface area contributed by atoms with Crippen LogP contribution in [0.15, 0.2) is 29.2 Å². The Balaban J connectivity index is 1.35. The highest BCUT2D eigenvalue weighted by molar-refractivity contribution is 7.07. The molecule has 5 nitrogen and oxygen atoms in total. The Morgan fingerprint density at radius 3 is 2.81 bits per heavy atom. The Hall–Kier alpha value is -1.66. The van der Waals surface area contributed by atoms with Crippen molar-refractivity contribution in [3.63, 3.8) is 0 Å². The van der Waals surface area contributed by atoms with E-state index in [0.717, 1.165) is 32.0 Å². The number of carbonyl (C=O) groups excluding carboxylic acids is 1. The van der Waals surface area contributed by atoms with Crippen molar-refractivity contribution in [3.8, 4) is 0 Å². The number of imidazole rings is 1. The van der Waals surface area contributed by atoms with E-state index in [1.54, 1.807) is 18.3 Å². The molecule has 1 saturated carbocycles. The summed E-state index contributed by atoms with van der Waals surface area (Å²) in [7, 11) is 0. The van der Waals surface area contributed by atoms with Crippen LogP contribution in [0.4, 0.5) is 0 Å². The summed E-state index contributed by atoms with van der Waals surface area (Å²) in [5.74, 6) is 1.38. The number of thiophene rings is 1. The Morgan fingerprint density at radius 1 is 1.41 bits per heavy atom. The highest BCUT2D eigenvalue weighted by Crippen LogP contribution is 2.57. The molecule has 1 amide bonds. The van der Waals surface area contributed by atoms with Gasteiger partial charge in [-0.25, -0.2) is 4.98 Å². The molecular formula is C21H30N4OS. The summed E-state index contributed by atoms with van der Waals surface area (Å²) in [4.78, 5) is 21.5. The van der Waals surface area contributed by atoms with Gasteiger partial charge in [-0.05, 0) is 74.0 Å². The minimum atomic E-state index is 0.212. The lowest BCUT2D eigenvalue weighted by molar-refractivity contribution is -0.130. The van der Waals surface area contributed by atoms with Gasteiger partial charge < -0.3 is 9.47 Å². The molecule has 1 unspecified atom stereocenters. The third-order valence-electron chi connectivity index (χ3n) is 6.38. The van der Waals surface area contributed by atoms with Gasteiger partial charge in [-0.1, -0.05) is 0 Å². The van der Waals surface area contributed by atoms with Gasteiger partial charge in [0.05, 0.1) is 6.54 Å². The topological polar surface area (TPSA) is 41.4 Å². The van der Waals surface area contributed by atoms with E-state index in [4.69, 9.17) is 0 Å². The minimum absolute atomic E-state index is 0.212. The summed E-state index contributed by atoms with van der Waals surface area (Å²) in [6, 6.07) is 3.01. The SMILES string of the molecule is CC(=O)N(Cc1ccsc1)C1CC12CCN(Cc1nccn1C(C)C)CC2. The van der Waals surface area contributed by atoms with Crippen LogP contribution in [0.1, 0.15) is 57.5 Å². The fourth-order valence-electron chi connectivity index (χ4n) is 4.62. The first-order valence-corrected chi connectivity index (χ1v) is 11.0. The second-order valence-electron chi connectivity index (χ2n) is 8.48. The van der Waals surface area contributed by atoms with Gasteiger partial charge >= 0.3 is 0 Å².